The molecular formula is C26H27N5O3. The first-order chi connectivity index (χ1) is 16.5. The number of aromatic nitrogens is 4. The molecule has 2 atom stereocenters. The van der Waals surface area contributed by atoms with Crippen LogP contribution in [0.1, 0.15) is 41.7 Å². The number of aliphatic hydroxyl groups excluding tert-OH is 1. The quantitative estimate of drug-likeness (QED) is 0.497. The highest BCUT2D eigenvalue weighted by atomic mass is 16.3. The predicted molar refractivity (Wildman–Crippen MR) is 128 cm³/mol. The molecule has 4 aromatic rings. The SMILES string of the molecule is Cn1cc(-c2ccc(CN(C(=O)c3ccc4ccccn4c3=O)[C@H]3CCCC[C@@H]3O)nc2)cn1. The van der Waals surface area contributed by atoms with Crippen LogP contribution in [0.4, 0.5) is 0 Å². The van der Waals surface area contributed by atoms with Gasteiger partial charge in [-0.2, -0.15) is 5.10 Å². The molecule has 5 rings (SSSR count). The Bertz CT molecular complexity index is 1380. The zero-order valence-corrected chi connectivity index (χ0v) is 19.0. The number of pyridine rings is 3. The molecule has 0 aromatic carbocycles. The van der Waals surface area contributed by atoms with Gasteiger partial charge in [0.15, 0.2) is 0 Å². The molecule has 1 fully saturated rings. The van der Waals surface area contributed by atoms with Crippen molar-refractivity contribution in [3.63, 3.8) is 0 Å². The van der Waals surface area contributed by atoms with Gasteiger partial charge in [-0.15, -0.1) is 0 Å². The standard InChI is InChI=1S/C26H27N5O3/c1-29-16-19(15-28-29)18-9-10-20(27-14-18)17-31(23-7-2-3-8-24(23)32)26(34)22-12-11-21-6-4-5-13-30(21)25(22)33/h4-6,9-16,23-24,32H,2-3,7-8,17H2,1H3/t23-,24-/m0/s1. The van der Waals surface area contributed by atoms with Crippen LogP contribution in [-0.4, -0.2) is 47.2 Å². The van der Waals surface area contributed by atoms with E-state index in [1.807, 2.05) is 37.5 Å². The highest BCUT2D eigenvalue weighted by Crippen LogP contribution is 2.26. The van der Waals surface area contributed by atoms with E-state index in [2.05, 4.69) is 10.1 Å². The van der Waals surface area contributed by atoms with Gasteiger partial charge in [0.1, 0.15) is 5.56 Å². The van der Waals surface area contributed by atoms with E-state index >= 15 is 0 Å². The van der Waals surface area contributed by atoms with Crippen molar-refractivity contribution in [2.24, 2.45) is 7.05 Å². The van der Waals surface area contributed by atoms with E-state index in [1.54, 1.807) is 46.4 Å². The molecule has 0 saturated heterocycles. The van der Waals surface area contributed by atoms with Crippen molar-refractivity contribution >= 4 is 11.4 Å². The number of aliphatic hydroxyl groups is 1. The third kappa shape index (κ3) is 4.24. The molecule has 4 heterocycles. The predicted octanol–water partition coefficient (Wildman–Crippen LogP) is 3.04. The molecule has 4 aromatic heterocycles. The van der Waals surface area contributed by atoms with Gasteiger partial charge in [-0.3, -0.25) is 23.7 Å². The molecular weight excluding hydrogens is 430 g/mol. The summed E-state index contributed by atoms with van der Waals surface area (Å²) in [6.45, 7) is 0.213. The molecule has 1 N–H and O–H groups in total. The summed E-state index contributed by atoms with van der Waals surface area (Å²) in [6.07, 6.45) is 9.66. The van der Waals surface area contributed by atoms with Gasteiger partial charge in [0.05, 0.1) is 30.6 Å². The molecule has 1 amide bonds. The summed E-state index contributed by atoms with van der Waals surface area (Å²) in [5.41, 5.74) is 3.04. The Kier molecular flexibility index (Phi) is 5.98. The Morgan fingerprint density at radius 2 is 1.94 bits per heavy atom. The van der Waals surface area contributed by atoms with Gasteiger partial charge in [-0.05, 0) is 43.2 Å². The molecule has 0 radical (unpaired) electrons. The lowest BCUT2D eigenvalue weighted by Gasteiger charge is -2.37. The Labute approximate surface area is 197 Å². The first-order valence-electron chi connectivity index (χ1n) is 11.5. The first kappa shape index (κ1) is 22.0. The molecule has 34 heavy (non-hydrogen) atoms. The van der Waals surface area contributed by atoms with Gasteiger partial charge in [-0.1, -0.05) is 25.0 Å². The maximum absolute atomic E-state index is 13.7. The summed E-state index contributed by atoms with van der Waals surface area (Å²) < 4.78 is 3.21. The average Bonchev–Trinajstić information content (AvgIpc) is 3.30. The highest BCUT2D eigenvalue weighted by Gasteiger charge is 2.33. The summed E-state index contributed by atoms with van der Waals surface area (Å²) in [4.78, 5) is 33.0. The maximum Gasteiger partial charge on any atom is 0.267 e. The molecule has 0 unspecified atom stereocenters. The van der Waals surface area contributed by atoms with Crippen LogP contribution < -0.4 is 5.56 Å². The lowest BCUT2D eigenvalue weighted by Crippen LogP contribution is -2.49. The minimum absolute atomic E-state index is 0.0912. The number of aryl methyl sites for hydroxylation is 1. The van der Waals surface area contributed by atoms with Crippen LogP contribution in [-0.2, 0) is 13.6 Å². The largest absolute Gasteiger partial charge is 0.391 e. The molecule has 174 valence electrons. The Morgan fingerprint density at radius 3 is 2.68 bits per heavy atom. The van der Waals surface area contributed by atoms with Gasteiger partial charge in [-0.25, -0.2) is 0 Å². The summed E-state index contributed by atoms with van der Waals surface area (Å²) in [5.74, 6) is -0.382. The number of rotatable bonds is 5. The van der Waals surface area contributed by atoms with Crippen LogP contribution in [0.5, 0.6) is 0 Å². The molecule has 8 heteroatoms. The molecule has 0 aliphatic heterocycles. The molecule has 0 bridgehead atoms. The molecule has 1 aliphatic rings. The Balaban J connectivity index is 1.48. The number of hydrogen-bond acceptors (Lipinski definition) is 5. The maximum atomic E-state index is 13.7. The normalized spacial score (nSPS) is 18.2. The van der Waals surface area contributed by atoms with Crippen LogP contribution in [0.25, 0.3) is 16.6 Å². The molecule has 1 aliphatic carbocycles. The van der Waals surface area contributed by atoms with E-state index in [9.17, 15) is 14.7 Å². The minimum Gasteiger partial charge on any atom is -0.391 e. The Hall–Kier alpha value is -3.78. The molecule has 8 nitrogen and oxygen atoms in total. The number of carbonyl (C=O) groups is 1. The van der Waals surface area contributed by atoms with Crippen molar-refractivity contribution in [3.05, 3.63) is 88.9 Å². The van der Waals surface area contributed by atoms with Crippen LogP contribution in [0.15, 0.2) is 72.0 Å². The fourth-order valence-electron chi connectivity index (χ4n) is 4.69. The van der Waals surface area contributed by atoms with Gasteiger partial charge in [0.25, 0.3) is 11.5 Å². The summed E-state index contributed by atoms with van der Waals surface area (Å²) in [6, 6.07) is 12.3. The van der Waals surface area contributed by atoms with E-state index in [0.29, 0.717) is 18.5 Å². The number of nitrogens with zero attached hydrogens (tertiary/aromatic N) is 5. The number of amides is 1. The number of hydrogen-bond donors (Lipinski definition) is 1. The van der Waals surface area contributed by atoms with Crippen molar-refractivity contribution < 1.29 is 9.90 Å². The van der Waals surface area contributed by atoms with Crippen LogP contribution in [0.3, 0.4) is 0 Å². The van der Waals surface area contributed by atoms with Crippen molar-refractivity contribution in [1.29, 1.82) is 0 Å². The second kappa shape index (κ2) is 9.23. The van der Waals surface area contributed by atoms with Crippen molar-refractivity contribution in [3.8, 4) is 11.1 Å². The van der Waals surface area contributed by atoms with Crippen molar-refractivity contribution in [1.82, 2.24) is 24.1 Å². The average molecular weight is 458 g/mol. The van der Waals surface area contributed by atoms with E-state index in [4.69, 9.17) is 0 Å². The van der Waals surface area contributed by atoms with Crippen molar-refractivity contribution in [2.75, 3.05) is 0 Å². The van der Waals surface area contributed by atoms with Crippen molar-refractivity contribution in [2.45, 2.75) is 44.4 Å². The van der Waals surface area contributed by atoms with E-state index in [-0.39, 0.29) is 29.6 Å². The zero-order valence-electron chi connectivity index (χ0n) is 19.0. The summed E-state index contributed by atoms with van der Waals surface area (Å²) in [7, 11) is 1.86. The first-order valence-corrected chi connectivity index (χ1v) is 11.5. The van der Waals surface area contributed by atoms with Gasteiger partial charge < -0.3 is 10.0 Å². The lowest BCUT2D eigenvalue weighted by molar-refractivity contribution is 0.0144. The molecule has 0 spiro atoms. The van der Waals surface area contributed by atoms with E-state index in [0.717, 1.165) is 29.5 Å². The monoisotopic (exact) mass is 457 g/mol. The van der Waals surface area contributed by atoms with Gasteiger partial charge >= 0.3 is 0 Å². The zero-order chi connectivity index (χ0) is 23.7. The van der Waals surface area contributed by atoms with E-state index in [1.165, 1.54) is 4.40 Å². The minimum atomic E-state index is -0.629. The summed E-state index contributed by atoms with van der Waals surface area (Å²) >= 11 is 0. The fourth-order valence-corrected chi connectivity index (χ4v) is 4.69. The van der Waals surface area contributed by atoms with Gasteiger partial charge in [0.2, 0.25) is 0 Å². The second-order valence-electron chi connectivity index (χ2n) is 8.84. The third-order valence-electron chi connectivity index (χ3n) is 6.54. The Morgan fingerprint density at radius 1 is 1.09 bits per heavy atom. The highest BCUT2D eigenvalue weighted by molar-refractivity contribution is 5.94. The molecule has 1 saturated carbocycles. The number of fused-ring (bicyclic) bond motifs is 1. The van der Waals surface area contributed by atoms with Crippen LogP contribution in [0, 0.1) is 0 Å². The second-order valence-corrected chi connectivity index (χ2v) is 8.84. The third-order valence-corrected chi connectivity index (χ3v) is 6.54. The smallest absolute Gasteiger partial charge is 0.267 e. The fraction of sp³-hybridized carbons (Fsp3) is 0.308. The number of carbonyl (C=O) groups excluding carboxylic acids is 1. The summed E-state index contributed by atoms with van der Waals surface area (Å²) in [5, 5.41) is 14.9. The van der Waals surface area contributed by atoms with E-state index < -0.39 is 6.10 Å². The van der Waals surface area contributed by atoms with Crippen LogP contribution in [0.2, 0.25) is 0 Å². The van der Waals surface area contributed by atoms with Crippen LogP contribution >= 0.6 is 0 Å². The topological polar surface area (TPSA) is 92.7 Å². The van der Waals surface area contributed by atoms with Gasteiger partial charge in [0, 0.05) is 42.3 Å². The lowest BCUT2D eigenvalue weighted by atomic mass is 9.90.